The van der Waals surface area contributed by atoms with E-state index in [0.717, 1.165) is 48.9 Å². The Kier molecular flexibility index (Phi) is 7.08. The van der Waals surface area contributed by atoms with Crippen LogP contribution in [-0.4, -0.2) is 28.2 Å². The number of halogens is 1. The Labute approximate surface area is 237 Å². The van der Waals surface area contributed by atoms with Gasteiger partial charge in [-0.25, -0.2) is 4.98 Å². The molecule has 6 rings (SSSR count). The van der Waals surface area contributed by atoms with Crippen LogP contribution in [0.1, 0.15) is 53.6 Å². The molecular weight excluding hydrogens is 528 g/mol. The summed E-state index contributed by atoms with van der Waals surface area (Å²) in [4.78, 5) is 32.9. The normalized spacial score (nSPS) is 15.4. The number of hydrogen-bond donors (Lipinski definition) is 0. The number of benzene rings is 3. The predicted octanol–water partition coefficient (Wildman–Crippen LogP) is 7.29. The van der Waals surface area contributed by atoms with E-state index in [-0.39, 0.29) is 22.5 Å². The Bertz CT molecular complexity index is 1590. The van der Waals surface area contributed by atoms with Gasteiger partial charge >= 0.3 is 0 Å². The molecule has 198 valence electrons. The largest absolute Gasteiger partial charge is 0.497 e. The minimum Gasteiger partial charge on any atom is -0.497 e. The van der Waals surface area contributed by atoms with Crippen molar-refractivity contribution in [2.24, 2.45) is 0 Å². The van der Waals surface area contributed by atoms with Gasteiger partial charge in [-0.3, -0.25) is 14.2 Å². The van der Waals surface area contributed by atoms with Crippen molar-refractivity contribution in [3.63, 3.8) is 0 Å². The topological polar surface area (TPSA) is 61.2 Å². The summed E-state index contributed by atoms with van der Waals surface area (Å²) in [5.74, 6) is 0.812. The maximum atomic E-state index is 14.6. The second-order valence-corrected chi connectivity index (χ2v) is 11.7. The van der Waals surface area contributed by atoms with Crippen LogP contribution in [0.2, 0.25) is 5.02 Å². The van der Waals surface area contributed by atoms with E-state index >= 15 is 0 Å². The van der Waals surface area contributed by atoms with E-state index in [4.69, 9.17) is 21.3 Å². The molecule has 3 aromatic carbocycles. The molecule has 0 atom stereocenters. The fourth-order valence-corrected chi connectivity index (χ4v) is 7.12. The van der Waals surface area contributed by atoms with Gasteiger partial charge in [0.15, 0.2) is 10.9 Å². The first kappa shape index (κ1) is 25.9. The lowest BCUT2D eigenvalue weighted by Gasteiger charge is -2.42. The summed E-state index contributed by atoms with van der Waals surface area (Å²) >= 11 is 7.31. The minimum atomic E-state index is -0.220. The zero-order chi connectivity index (χ0) is 27.0. The summed E-state index contributed by atoms with van der Waals surface area (Å²) in [5, 5.41) is 1.09. The number of rotatable bonds is 6. The van der Waals surface area contributed by atoms with Crippen molar-refractivity contribution in [2.75, 3.05) is 12.9 Å². The lowest BCUT2D eigenvalue weighted by molar-refractivity contribution is 0.102. The molecule has 1 saturated carbocycles. The number of ether oxygens (including phenoxy) is 1. The van der Waals surface area contributed by atoms with Gasteiger partial charge in [0.25, 0.3) is 5.56 Å². The lowest BCUT2D eigenvalue weighted by Crippen LogP contribution is -2.42. The Hall–Kier alpha value is -3.35. The molecule has 0 N–H and O–H groups in total. The van der Waals surface area contributed by atoms with E-state index in [2.05, 4.69) is 18.2 Å². The first-order valence-electron chi connectivity index (χ1n) is 13.3. The fourth-order valence-electron chi connectivity index (χ4n) is 6.09. The van der Waals surface area contributed by atoms with Crippen molar-refractivity contribution in [1.29, 1.82) is 0 Å². The molecule has 1 fully saturated rings. The van der Waals surface area contributed by atoms with E-state index in [1.165, 1.54) is 23.7 Å². The maximum absolute atomic E-state index is 14.6. The van der Waals surface area contributed by atoms with Crippen LogP contribution in [0.3, 0.4) is 0 Å². The van der Waals surface area contributed by atoms with E-state index < -0.39 is 0 Å². The summed E-state index contributed by atoms with van der Waals surface area (Å²) in [6.45, 7) is 0. The highest BCUT2D eigenvalue weighted by Crippen LogP contribution is 2.49. The van der Waals surface area contributed by atoms with Crippen LogP contribution in [0.15, 0.2) is 82.7 Å². The molecule has 39 heavy (non-hydrogen) atoms. The van der Waals surface area contributed by atoms with Gasteiger partial charge in [0.05, 0.1) is 29.8 Å². The van der Waals surface area contributed by atoms with Crippen molar-refractivity contribution in [3.8, 4) is 22.7 Å². The van der Waals surface area contributed by atoms with Gasteiger partial charge in [-0.05, 0) is 73.4 Å². The van der Waals surface area contributed by atoms with Crippen LogP contribution in [0.4, 0.5) is 0 Å². The summed E-state index contributed by atoms with van der Waals surface area (Å²) in [7, 11) is 1.62. The number of aromatic nitrogens is 2. The Morgan fingerprint density at radius 1 is 1.00 bits per heavy atom. The first-order valence-corrected chi connectivity index (χ1v) is 14.7. The van der Waals surface area contributed by atoms with Crippen molar-refractivity contribution in [1.82, 2.24) is 9.55 Å². The van der Waals surface area contributed by atoms with Gasteiger partial charge in [0, 0.05) is 21.6 Å². The van der Waals surface area contributed by atoms with Gasteiger partial charge < -0.3 is 4.74 Å². The lowest BCUT2D eigenvalue weighted by atomic mass is 9.62. The minimum absolute atomic E-state index is 0.0389. The molecule has 0 radical (unpaired) electrons. The summed E-state index contributed by atoms with van der Waals surface area (Å²) in [6, 6.07) is 22.6. The molecule has 7 heteroatoms. The molecule has 4 aromatic rings. The molecule has 2 aliphatic carbocycles. The van der Waals surface area contributed by atoms with Crippen molar-refractivity contribution in [3.05, 3.63) is 105 Å². The maximum Gasteiger partial charge on any atom is 0.263 e. The van der Waals surface area contributed by atoms with Crippen LogP contribution >= 0.6 is 23.4 Å². The average molecular weight is 557 g/mol. The number of ketones is 1. The summed E-state index contributed by atoms with van der Waals surface area (Å²) in [5.41, 5.74) is 4.89. The van der Waals surface area contributed by atoms with E-state index in [9.17, 15) is 9.59 Å². The highest BCUT2D eigenvalue weighted by molar-refractivity contribution is 7.99. The molecule has 1 heterocycles. The molecule has 5 nitrogen and oxygen atoms in total. The Balaban J connectivity index is 1.52. The van der Waals surface area contributed by atoms with Crippen LogP contribution in [0.25, 0.3) is 16.9 Å². The van der Waals surface area contributed by atoms with Gasteiger partial charge in [-0.2, -0.15) is 0 Å². The first-order chi connectivity index (χ1) is 19.0. The van der Waals surface area contributed by atoms with Crippen molar-refractivity contribution >= 4 is 29.1 Å². The molecule has 2 aliphatic rings. The third-order valence-electron chi connectivity index (χ3n) is 8.02. The number of Topliss-reactive ketones (excluding diaryl/α,β-unsaturated/α-hetero) is 1. The number of methoxy groups -OCH3 is 1. The second-order valence-electron chi connectivity index (χ2n) is 10.4. The predicted molar refractivity (Wildman–Crippen MR) is 157 cm³/mol. The molecule has 1 spiro atoms. The SMILES string of the molecule is COc1ccc(-n2c(SCC(=O)c3ccc(Cl)cc3)nc3c(c2=O)C2(CCCCC2)Cc2ccccc2-3)cc1. The Morgan fingerprint density at radius 2 is 1.72 bits per heavy atom. The molecule has 0 amide bonds. The van der Waals surface area contributed by atoms with Crippen LogP contribution in [0.5, 0.6) is 5.75 Å². The number of nitrogens with zero attached hydrogens (tertiary/aromatic N) is 2. The van der Waals surface area contributed by atoms with E-state index in [1.54, 1.807) is 35.9 Å². The summed E-state index contributed by atoms with van der Waals surface area (Å²) < 4.78 is 7.06. The van der Waals surface area contributed by atoms with Gasteiger partial charge in [0.2, 0.25) is 0 Å². The average Bonchev–Trinajstić information content (AvgIpc) is 2.96. The number of carbonyl (C=O) groups is 1. The zero-order valence-electron chi connectivity index (χ0n) is 21.8. The zero-order valence-corrected chi connectivity index (χ0v) is 23.4. The molecular formula is C32H29ClN2O3S. The van der Waals surface area contributed by atoms with Crippen LogP contribution in [0, 0.1) is 0 Å². The molecule has 0 aliphatic heterocycles. The Morgan fingerprint density at radius 3 is 2.44 bits per heavy atom. The van der Waals surface area contributed by atoms with Crippen molar-refractivity contribution in [2.45, 2.75) is 49.1 Å². The molecule has 0 bridgehead atoms. The van der Waals surface area contributed by atoms with E-state index in [1.807, 2.05) is 30.3 Å². The van der Waals surface area contributed by atoms with Gasteiger partial charge in [-0.1, -0.05) is 66.9 Å². The summed E-state index contributed by atoms with van der Waals surface area (Å²) in [6.07, 6.45) is 6.23. The molecule has 0 unspecified atom stereocenters. The fraction of sp³-hybridized carbons (Fsp3) is 0.281. The smallest absolute Gasteiger partial charge is 0.263 e. The van der Waals surface area contributed by atoms with Crippen LogP contribution in [-0.2, 0) is 11.8 Å². The van der Waals surface area contributed by atoms with Crippen LogP contribution < -0.4 is 10.3 Å². The van der Waals surface area contributed by atoms with Gasteiger partial charge in [-0.15, -0.1) is 0 Å². The van der Waals surface area contributed by atoms with Gasteiger partial charge in [0.1, 0.15) is 5.75 Å². The quantitative estimate of drug-likeness (QED) is 0.142. The third-order valence-corrected chi connectivity index (χ3v) is 9.21. The van der Waals surface area contributed by atoms with Crippen molar-refractivity contribution < 1.29 is 9.53 Å². The standard InChI is InChI=1S/C32H29ClN2O3S/c1-38-25-15-13-24(14-16-25)35-30(37)28-29(34-31(35)39-20-27(36)21-9-11-23(33)12-10-21)26-8-4-3-7-22(26)19-32(28)17-5-2-6-18-32/h3-4,7-16H,2,5-6,17-20H2,1H3. The number of hydrogen-bond acceptors (Lipinski definition) is 5. The van der Waals surface area contributed by atoms with E-state index in [0.29, 0.717) is 27.2 Å². The second kappa shape index (κ2) is 10.7. The number of thioether (sulfide) groups is 1. The molecule has 1 aromatic heterocycles. The third kappa shape index (κ3) is 4.81. The highest BCUT2D eigenvalue weighted by Gasteiger charge is 2.43. The number of fused-ring (bicyclic) bond motifs is 4. The molecule has 0 saturated heterocycles. The highest BCUT2D eigenvalue weighted by atomic mass is 35.5. The monoisotopic (exact) mass is 556 g/mol. The number of carbonyl (C=O) groups excluding carboxylic acids is 1.